The summed E-state index contributed by atoms with van der Waals surface area (Å²) in [5, 5.41) is 0.405. The molecule has 2 heterocycles. The summed E-state index contributed by atoms with van der Waals surface area (Å²) in [5.41, 5.74) is 0.463. The molecule has 0 N–H and O–H groups in total. The van der Waals surface area contributed by atoms with E-state index in [2.05, 4.69) is 4.74 Å². The van der Waals surface area contributed by atoms with Crippen LogP contribution in [-0.4, -0.2) is 20.2 Å². The molecule has 0 saturated carbocycles. The van der Waals surface area contributed by atoms with Gasteiger partial charge in [-0.2, -0.15) is 0 Å². The topological polar surface area (TPSA) is 78.9 Å². The van der Waals surface area contributed by atoms with Crippen LogP contribution in [0.25, 0.3) is 22.3 Å². The number of hydrogen-bond donors (Lipinski definition) is 0. The maximum absolute atomic E-state index is 12.7. The molecule has 0 fully saturated rings. The predicted octanol–water partition coefficient (Wildman–Crippen LogP) is 3.16. The lowest BCUT2D eigenvalue weighted by molar-refractivity contribution is 0.0566. The second-order valence-electron chi connectivity index (χ2n) is 4.88. The highest BCUT2D eigenvalue weighted by atomic mass is 16.5. The van der Waals surface area contributed by atoms with E-state index in [0.29, 0.717) is 22.5 Å². The van der Waals surface area contributed by atoms with Crippen molar-refractivity contribution < 1.29 is 23.1 Å². The third-order valence-corrected chi connectivity index (χ3v) is 3.51. The summed E-state index contributed by atoms with van der Waals surface area (Å²) < 4.78 is 20.8. The second-order valence-corrected chi connectivity index (χ2v) is 4.88. The summed E-state index contributed by atoms with van der Waals surface area (Å²) >= 11 is 0. The van der Waals surface area contributed by atoms with E-state index in [4.69, 9.17) is 13.6 Å². The van der Waals surface area contributed by atoms with Gasteiger partial charge in [-0.3, -0.25) is 4.79 Å². The first-order valence-electron chi connectivity index (χ1n) is 6.85. The Hall–Kier alpha value is -3.02. The van der Waals surface area contributed by atoms with Gasteiger partial charge in [-0.1, -0.05) is 0 Å². The molecule has 0 radical (unpaired) electrons. The number of rotatable bonds is 3. The van der Waals surface area contributed by atoms with E-state index in [9.17, 15) is 9.59 Å². The van der Waals surface area contributed by atoms with Gasteiger partial charge in [0.2, 0.25) is 11.2 Å². The van der Waals surface area contributed by atoms with Gasteiger partial charge >= 0.3 is 5.97 Å². The van der Waals surface area contributed by atoms with Crippen LogP contribution in [-0.2, 0) is 4.74 Å². The Kier molecular flexibility index (Phi) is 3.65. The predicted molar refractivity (Wildman–Crippen MR) is 82.8 cm³/mol. The average molecular weight is 314 g/mol. The minimum absolute atomic E-state index is 0.0242. The Bertz CT molecular complexity index is 947. The molecular weight excluding hydrogens is 300 g/mol. The van der Waals surface area contributed by atoms with Crippen molar-refractivity contribution in [1.29, 1.82) is 0 Å². The fourth-order valence-electron chi connectivity index (χ4n) is 2.38. The third kappa shape index (κ3) is 2.48. The molecule has 0 atom stereocenters. The molecule has 0 aliphatic rings. The van der Waals surface area contributed by atoms with Crippen LogP contribution in [0.4, 0.5) is 0 Å². The van der Waals surface area contributed by atoms with Gasteiger partial charge in [-0.05, 0) is 31.2 Å². The zero-order chi connectivity index (χ0) is 16.6. The first-order chi connectivity index (χ1) is 11.0. The van der Waals surface area contributed by atoms with Gasteiger partial charge in [0, 0.05) is 6.07 Å². The summed E-state index contributed by atoms with van der Waals surface area (Å²) in [5.74, 6) is 0.662. The number of fused-ring (bicyclic) bond motifs is 1. The summed E-state index contributed by atoms with van der Waals surface area (Å²) in [6.07, 6.45) is 0. The molecule has 6 heteroatoms. The number of ether oxygens (including phenoxy) is 2. The Morgan fingerprint density at radius 1 is 1.09 bits per heavy atom. The normalized spacial score (nSPS) is 10.7. The number of carbonyl (C=O) groups is 1. The van der Waals surface area contributed by atoms with Gasteiger partial charge in [0.1, 0.15) is 28.4 Å². The van der Waals surface area contributed by atoms with Crippen LogP contribution in [0.15, 0.2) is 44.0 Å². The van der Waals surface area contributed by atoms with E-state index >= 15 is 0 Å². The number of benzene rings is 1. The van der Waals surface area contributed by atoms with Gasteiger partial charge in [0.05, 0.1) is 19.6 Å². The Morgan fingerprint density at radius 2 is 1.87 bits per heavy atom. The molecule has 0 amide bonds. The number of furan rings is 1. The van der Waals surface area contributed by atoms with Crippen molar-refractivity contribution in [3.63, 3.8) is 0 Å². The lowest BCUT2D eigenvalue weighted by Crippen LogP contribution is -2.07. The van der Waals surface area contributed by atoms with E-state index in [1.807, 2.05) is 0 Å². The van der Waals surface area contributed by atoms with E-state index in [1.54, 1.807) is 31.2 Å². The van der Waals surface area contributed by atoms with Gasteiger partial charge in [-0.15, -0.1) is 0 Å². The zero-order valence-electron chi connectivity index (χ0n) is 12.8. The van der Waals surface area contributed by atoms with Crippen molar-refractivity contribution in [3.8, 4) is 17.1 Å². The largest absolute Gasteiger partial charge is 0.497 e. The summed E-state index contributed by atoms with van der Waals surface area (Å²) in [7, 11) is 2.80. The molecule has 3 rings (SSSR count). The Labute approximate surface area is 131 Å². The van der Waals surface area contributed by atoms with Gasteiger partial charge in [0.15, 0.2) is 0 Å². The summed E-state index contributed by atoms with van der Waals surface area (Å²) in [6.45, 7) is 1.66. The molecule has 0 unspecified atom stereocenters. The molecule has 118 valence electrons. The molecule has 0 spiro atoms. The van der Waals surface area contributed by atoms with Crippen molar-refractivity contribution in [1.82, 2.24) is 0 Å². The monoisotopic (exact) mass is 314 g/mol. The van der Waals surface area contributed by atoms with Crippen LogP contribution >= 0.6 is 0 Å². The zero-order valence-corrected chi connectivity index (χ0v) is 12.8. The van der Waals surface area contributed by atoms with E-state index < -0.39 is 5.97 Å². The standard InChI is InChI=1S/C17H14O6/c1-9-15(12-6-7-13(23-12)17(19)21-3)16(18)11-5-4-10(20-2)8-14(11)22-9/h4-8H,1-3H3. The van der Waals surface area contributed by atoms with Crippen LogP contribution in [0.1, 0.15) is 16.3 Å². The number of esters is 1. The van der Waals surface area contributed by atoms with Gasteiger partial charge < -0.3 is 18.3 Å². The fraction of sp³-hybridized carbons (Fsp3) is 0.176. The molecular formula is C17H14O6. The Morgan fingerprint density at radius 3 is 2.57 bits per heavy atom. The number of aryl methyl sites for hydroxylation is 1. The van der Waals surface area contributed by atoms with Crippen molar-refractivity contribution in [2.45, 2.75) is 6.92 Å². The molecule has 0 bridgehead atoms. The minimum Gasteiger partial charge on any atom is -0.497 e. The minimum atomic E-state index is -0.608. The molecule has 0 saturated heterocycles. The van der Waals surface area contributed by atoms with Crippen molar-refractivity contribution in [2.24, 2.45) is 0 Å². The molecule has 1 aromatic carbocycles. The van der Waals surface area contributed by atoms with Crippen molar-refractivity contribution in [3.05, 3.63) is 52.1 Å². The third-order valence-electron chi connectivity index (χ3n) is 3.51. The summed E-state index contributed by atoms with van der Waals surface area (Å²) in [4.78, 5) is 24.2. The first-order valence-corrected chi connectivity index (χ1v) is 6.85. The van der Waals surface area contributed by atoms with Crippen molar-refractivity contribution in [2.75, 3.05) is 14.2 Å². The molecule has 23 heavy (non-hydrogen) atoms. The first kappa shape index (κ1) is 14.9. The van der Waals surface area contributed by atoms with Gasteiger partial charge in [-0.25, -0.2) is 4.79 Å². The SMILES string of the molecule is COC(=O)c1ccc(-c2c(C)oc3cc(OC)ccc3c2=O)o1. The smallest absolute Gasteiger partial charge is 0.373 e. The Balaban J connectivity index is 2.20. The van der Waals surface area contributed by atoms with Crippen LogP contribution in [0, 0.1) is 6.92 Å². The lowest BCUT2D eigenvalue weighted by Gasteiger charge is -2.06. The van der Waals surface area contributed by atoms with Crippen LogP contribution < -0.4 is 10.2 Å². The van der Waals surface area contributed by atoms with E-state index in [-0.39, 0.29) is 22.5 Å². The molecule has 3 aromatic rings. The van der Waals surface area contributed by atoms with E-state index in [1.165, 1.54) is 20.3 Å². The highest BCUT2D eigenvalue weighted by Gasteiger charge is 2.19. The molecule has 0 aliphatic carbocycles. The number of hydrogen-bond acceptors (Lipinski definition) is 6. The maximum atomic E-state index is 12.7. The average Bonchev–Trinajstić information content (AvgIpc) is 3.03. The second kappa shape index (κ2) is 5.64. The quantitative estimate of drug-likeness (QED) is 0.691. The number of carbonyl (C=O) groups excluding carboxylic acids is 1. The van der Waals surface area contributed by atoms with Crippen molar-refractivity contribution >= 4 is 16.9 Å². The van der Waals surface area contributed by atoms with Crippen LogP contribution in [0.5, 0.6) is 5.75 Å². The fourth-order valence-corrected chi connectivity index (χ4v) is 2.38. The molecule has 0 aliphatic heterocycles. The lowest BCUT2D eigenvalue weighted by atomic mass is 10.1. The highest BCUT2D eigenvalue weighted by Crippen LogP contribution is 2.27. The summed E-state index contributed by atoms with van der Waals surface area (Å²) in [6, 6.07) is 7.96. The molecule has 6 nitrogen and oxygen atoms in total. The van der Waals surface area contributed by atoms with Crippen LogP contribution in [0.3, 0.4) is 0 Å². The molecule has 2 aromatic heterocycles. The highest BCUT2D eigenvalue weighted by molar-refractivity contribution is 5.88. The van der Waals surface area contributed by atoms with Crippen LogP contribution in [0.2, 0.25) is 0 Å². The van der Waals surface area contributed by atoms with Gasteiger partial charge in [0.25, 0.3) is 0 Å². The number of methoxy groups -OCH3 is 2. The van der Waals surface area contributed by atoms with E-state index in [0.717, 1.165) is 0 Å². The maximum Gasteiger partial charge on any atom is 0.373 e.